The molecule has 0 saturated heterocycles. The highest BCUT2D eigenvalue weighted by atomic mass is 15.2. The van der Waals surface area contributed by atoms with Crippen molar-refractivity contribution in [3.8, 4) is 0 Å². The number of rotatable bonds is 13. The molecule has 9 rings (SSSR count). The minimum atomic E-state index is -0.431. The first-order chi connectivity index (χ1) is 34.5. The van der Waals surface area contributed by atoms with Gasteiger partial charge in [0.25, 0.3) is 0 Å². The van der Waals surface area contributed by atoms with Gasteiger partial charge in [0.2, 0.25) is 0 Å². The number of benzene rings is 7. The van der Waals surface area contributed by atoms with Crippen LogP contribution >= 0.6 is 0 Å². The van der Waals surface area contributed by atoms with Crippen LogP contribution in [0.2, 0.25) is 0 Å². The normalized spacial score (nSPS) is 14.5. The lowest BCUT2D eigenvalue weighted by Gasteiger charge is -2.42. The maximum Gasteiger partial charge on any atom is 0.117 e. The molecular formula is C70H82N2. The molecule has 0 spiro atoms. The van der Waals surface area contributed by atoms with E-state index >= 15 is 0 Å². The number of nitrogens with zero attached hydrogens (tertiary/aromatic N) is 2. The van der Waals surface area contributed by atoms with Gasteiger partial charge < -0.3 is 9.80 Å². The van der Waals surface area contributed by atoms with Gasteiger partial charge in [-0.25, -0.2) is 0 Å². The predicted molar refractivity (Wildman–Crippen MR) is 313 cm³/mol. The molecule has 2 aliphatic rings. The first-order valence-corrected chi connectivity index (χ1v) is 26.2. The van der Waals surface area contributed by atoms with E-state index in [9.17, 15) is 0 Å². The third-order valence-electron chi connectivity index (χ3n) is 13.8. The zero-order chi connectivity index (χ0) is 51.8. The zero-order valence-electron chi connectivity index (χ0n) is 45.6. The van der Waals surface area contributed by atoms with Crippen LogP contribution in [0.5, 0.6) is 0 Å². The highest BCUT2D eigenvalue weighted by Crippen LogP contribution is 2.53. The molecule has 0 amide bonds. The molecule has 2 nitrogen and oxygen atoms in total. The lowest BCUT2D eigenvalue weighted by atomic mass is 9.76. The smallest absolute Gasteiger partial charge is 0.117 e. The summed E-state index contributed by atoms with van der Waals surface area (Å²) in [6, 6.07) is 63.1. The summed E-state index contributed by atoms with van der Waals surface area (Å²) in [5.74, 6) is 0.833. The third-order valence-corrected chi connectivity index (χ3v) is 13.8. The van der Waals surface area contributed by atoms with Gasteiger partial charge in [-0.2, -0.15) is 0 Å². The second-order valence-electron chi connectivity index (χ2n) is 21.4. The minimum Gasteiger partial charge on any atom is -0.384 e. The SMILES string of the molecule is C=C1c2ccccc2C(c2ccc(C)cc2)(c2ccc(CCc3cccc(C)c3)cc2)N1CC1=CC=CC1.C=CN(C)C.CC(C)C.Cc1ccc(C(C)(C)c2ccc(CCc3cccc(C)c3)cc2)cc1. The topological polar surface area (TPSA) is 6.48 Å². The monoisotopic (exact) mass is 951 g/mol. The number of hydrogen-bond acceptors (Lipinski definition) is 2. The number of aryl methyl sites for hydroxylation is 8. The van der Waals surface area contributed by atoms with Crippen molar-refractivity contribution in [2.24, 2.45) is 5.92 Å². The second kappa shape index (κ2) is 25.5. The lowest BCUT2D eigenvalue weighted by molar-refractivity contribution is 0.286. The Hall–Kier alpha value is -6.90. The second-order valence-corrected chi connectivity index (χ2v) is 21.4. The summed E-state index contributed by atoms with van der Waals surface area (Å²) in [6.07, 6.45) is 13.7. The van der Waals surface area contributed by atoms with Crippen LogP contribution in [0.15, 0.2) is 213 Å². The maximum atomic E-state index is 4.65. The molecule has 0 saturated carbocycles. The molecule has 0 radical (unpaired) electrons. The lowest BCUT2D eigenvalue weighted by Crippen LogP contribution is -2.43. The fraction of sp³-hybridized carbons (Fsp3) is 0.286. The molecule has 1 unspecified atom stereocenters. The minimum absolute atomic E-state index is 0.0305. The molecule has 0 fully saturated rings. The van der Waals surface area contributed by atoms with Crippen LogP contribution in [-0.4, -0.2) is 30.4 Å². The van der Waals surface area contributed by atoms with Gasteiger partial charge >= 0.3 is 0 Å². The molecule has 0 bridgehead atoms. The summed E-state index contributed by atoms with van der Waals surface area (Å²) in [5, 5.41) is 0. The van der Waals surface area contributed by atoms with Crippen molar-refractivity contribution in [1.82, 2.24) is 9.80 Å². The Bertz CT molecular complexity index is 2880. The van der Waals surface area contributed by atoms with Gasteiger partial charge in [0.1, 0.15) is 5.54 Å². The summed E-state index contributed by atoms with van der Waals surface area (Å²) < 4.78 is 0. The molecule has 7 aromatic carbocycles. The van der Waals surface area contributed by atoms with Crippen LogP contribution < -0.4 is 0 Å². The van der Waals surface area contributed by atoms with Crippen LogP contribution in [0.1, 0.15) is 119 Å². The number of allylic oxidation sites excluding steroid dienone is 3. The molecule has 1 heterocycles. The summed E-state index contributed by atoms with van der Waals surface area (Å²) in [7, 11) is 3.88. The van der Waals surface area contributed by atoms with E-state index in [1.165, 1.54) is 83.5 Å². The van der Waals surface area contributed by atoms with E-state index < -0.39 is 5.54 Å². The third kappa shape index (κ3) is 14.2. The van der Waals surface area contributed by atoms with Crippen molar-refractivity contribution < 1.29 is 0 Å². The molecule has 0 aromatic heterocycles. The Morgan fingerprint density at radius 1 is 0.569 bits per heavy atom. The fourth-order valence-electron chi connectivity index (χ4n) is 9.60. The van der Waals surface area contributed by atoms with Crippen molar-refractivity contribution in [3.63, 3.8) is 0 Å². The summed E-state index contributed by atoms with van der Waals surface area (Å²) in [6.45, 7) is 28.7. The largest absolute Gasteiger partial charge is 0.384 e. The maximum absolute atomic E-state index is 4.65. The van der Waals surface area contributed by atoms with Crippen LogP contribution in [0.4, 0.5) is 0 Å². The van der Waals surface area contributed by atoms with Gasteiger partial charge in [0.15, 0.2) is 0 Å². The fourth-order valence-corrected chi connectivity index (χ4v) is 9.60. The molecule has 0 N–H and O–H groups in total. The first-order valence-electron chi connectivity index (χ1n) is 26.2. The Morgan fingerprint density at radius 3 is 1.46 bits per heavy atom. The molecule has 72 heavy (non-hydrogen) atoms. The van der Waals surface area contributed by atoms with E-state index in [0.29, 0.717) is 0 Å². The standard InChI is InChI=1S/C37H35N.C25H28.C4H9N.C4H10/c1-27-15-21-33(22-16-27)37(34-23-19-30(20-24-34)17-18-31-12-8-9-28(2)25-31)36-14-7-6-13-35(36)29(3)38(37)26-32-10-4-5-11-32;1-19-8-14-23(15-9-19)25(3,4)24-16-12-21(13-17-24)10-11-22-7-5-6-20(2)18-22;1-4-5(2)3;1-4(2)3/h4-10,12-16,19-25H,3,11,17-18,26H2,1-2H3;5-9,12-18H,10-11H2,1-4H3;4H,1H2,2-3H3;4H,1-3H3. The number of hydrogen-bond donors (Lipinski definition) is 0. The van der Waals surface area contributed by atoms with Gasteiger partial charge in [-0.3, -0.25) is 0 Å². The van der Waals surface area contributed by atoms with Crippen LogP contribution in [-0.2, 0) is 36.6 Å². The van der Waals surface area contributed by atoms with Crippen LogP contribution in [0.25, 0.3) is 5.70 Å². The first kappa shape index (κ1) is 54.4. The number of fused-ring (bicyclic) bond motifs is 1. The van der Waals surface area contributed by atoms with Gasteiger partial charge in [-0.05, 0) is 128 Å². The van der Waals surface area contributed by atoms with Crippen molar-refractivity contribution in [2.45, 2.75) is 105 Å². The zero-order valence-corrected chi connectivity index (χ0v) is 45.6. The van der Waals surface area contributed by atoms with Gasteiger partial charge in [-0.1, -0.05) is 258 Å². The summed E-state index contributed by atoms with van der Waals surface area (Å²) >= 11 is 0. The van der Waals surface area contributed by atoms with Crippen LogP contribution in [0.3, 0.4) is 0 Å². The van der Waals surface area contributed by atoms with Gasteiger partial charge in [-0.15, -0.1) is 0 Å². The predicted octanol–water partition coefficient (Wildman–Crippen LogP) is 17.3. The Morgan fingerprint density at radius 2 is 1.00 bits per heavy atom. The Kier molecular flexibility index (Phi) is 19.3. The van der Waals surface area contributed by atoms with Crippen molar-refractivity contribution in [1.29, 1.82) is 0 Å². The Balaban J connectivity index is 0.000000214. The highest BCUT2D eigenvalue weighted by molar-refractivity contribution is 5.77. The summed E-state index contributed by atoms with van der Waals surface area (Å²) in [4.78, 5) is 4.43. The average Bonchev–Trinajstić information content (AvgIpc) is 3.98. The van der Waals surface area contributed by atoms with Crippen molar-refractivity contribution in [2.75, 3.05) is 20.6 Å². The van der Waals surface area contributed by atoms with Crippen LogP contribution in [0, 0.1) is 33.6 Å². The molecule has 372 valence electrons. The molecule has 1 aliphatic heterocycles. The summed E-state index contributed by atoms with van der Waals surface area (Å²) in [5.41, 5.74) is 20.8. The van der Waals surface area contributed by atoms with E-state index in [2.05, 4.69) is 268 Å². The Labute approximate surface area is 436 Å². The van der Waals surface area contributed by atoms with Gasteiger partial charge in [0, 0.05) is 37.3 Å². The van der Waals surface area contributed by atoms with E-state index in [4.69, 9.17) is 0 Å². The molecule has 1 atom stereocenters. The van der Waals surface area contributed by atoms with E-state index in [1.54, 1.807) is 6.20 Å². The van der Waals surface area contributed by atoms with E-state index in [0.717, 1.165) is 50.3 Å². The molecule has 7 aromatic rings. The molecular weight excluding hydrogens is 869 g/mol. The average molecular weight is 951 g/mol. The van der Waals surface area contributed by atoms with E-state index in [1.807, 2.05) is 19.0 Å². The van der Waals surface area contributed by atoms with Gasteiger partial charge in [0.05, 0.1) is 0 Å². The highest BCUT2D eigenvalue weighted by Gasteiger charge is 2.49. The van der Waals surface area contributed by atoms with Crippen molar-refractivity contribution >= 4 is 5.70 Å². The van der Waals surface area contributed by atoms with E-state index in [-0.39, 0.29) is 5.41 Å². The molecule has 2 heteroatoms. The van der Waals surface area contributed by atoms with Crippen molar-refractivity contribution in [3.05, 3.63) is 291 Å². The quantitative estimate of drug-likeness (QED) is 0.114. The molecule has 1 aliphatic carbocycles.